The molecule has 0 amide bonds. The number of fused-ring (bicyclic) bond motifs is 1. The highest BCUT2D eigenvalue weighted by Crippen LogP contribution is 2.43. The summed E-state index contributed by atoms with van der Waals surface area (Å²) < 4.78 is 42.6. The van der Waals surface area contributed by atoms with Gasteiger partial charge in [0.05, 0.1) is 13.5 Å². The van der Waals surface area contributed by atoms with Crippen LogP contribution in [-0.4, -0.2) is 27.5 Å². The van der Waals surface area contributed by atoms with Crippen LogP contribution in [0.15, 0.2) is 40.3 Å². The maximum absolute atomic E-state index is 13.3. The van der Waals surface area contributed by atoms with Crippen LogP contribution in [0.4, 0.5) is 0 Å². The number of carbonyl (C=O) groups excluding carboxylic acids is 2. The van der Waals surface area contributed by atoms with E-state index in [0.717, 1.165) is 40.7 Å². The predicted molar refractivity (Wildman–Crippen MR) is 134 cm³/mol. The molecule has 1 atom stereocenters. The molecular formula is C28H32O7S. The standard InChI is InChI=1S/C28H32O7S/c1-6-22-18(4)24-15-34-28(30)26(24)27(35-36(31,32)21-11-7-16(2)8-12-21)23(22)13-19-9-10-20(17(19)3)14-25(29)33-5/h7-8,11-12,20H,6,9-10,13-15H2,1-5H3. The smallest absolute Gasteiger partial charge is 0.342 e. The van der Waals surface area contributed by atoms with Crippen molar-refractivity contribution in [2.45, 2.75) is 71.3 Å². The van der Waals surface area contributed by atoms with E-state index in [-0.39, 0.29) is 34.7 Å². The number of cyclic esters (lactones) is 1. The highest BCUT2D eigenvalue weighted by molar-refractivity contribution is 7.87. The van der Waals surface area contributed by atoms with E-state index in [2.05, 4.69) is 0 Å². The summed E-state index contributed by atoms with van der Waals surface area (Å²) >= 11 is 0. The van der Waals surface area contributed by atoms with E-state index in [1.165, 1.54) is 19.2 Å². The molecule has 8 heteroatoms. The van der Waals surface area contributed by atoms with Gasteiger partial charge in [0.15, 0.2) is 5.75 Å². The average Bonchev–Trinajstić information content (AvgIpc) is 3.39. The van der Waals surface area contributed by atoms with Crippen molar-refractivity contribution in [3.05, 3.63) is 68.8 Å². The molecule has 0 saturated carbocycles. The van der Waals surface area contributed by atoms with Gasteiger partial charge in [-0.15, -0.1) is 0 Å². The van der Waals surface area contributed by atoms with Crippen LogP contribution in [0.3, 0.4) is 0 Å². The Morgan fingerprint density at radius 1 is 1.11 bits per heavy atom. The van der Waals surface area contributed by atoms with Crippen molar-refractivity contribution in [3.63, 3.8) is 0 Å². The fraction of sp³-hybridized carbons (Fsp3) is 0.429. The minimum Gasteiger partial charge on any atom is -0.469 e. The summed E-state index contributed by atoms with van der Waals surface area (Å²) in [4.78, 5) is 24.7. The Bertz CT molecular complexity index is 1350. The van der Waals surface area contributed by atoms with Gasteiger partial charge in [0.1, 0.15) is 17.1 Å². The predicted octanol–water partition coefficient (Wildman–Crippen LogP) is 5.14. The highest BCUT2D eigenvalue weighted by atomic mass is 32.2. The highest BCUT2D eigenvalue weighted by Gasteiger charge is 2.36. The second-order valence-corrected chi connectivity index (χ2v) is 11.1. The lowest BCUT2D eigenvalue weighted by atomic mass is 9.87. The molecule has 192 valence electrons. The molecular weight excluding hydrogens is 480 g/mol. The van der Waals surface area contributed by atoms with Crippen LogP contribution in [0, 0.1) is 19.8 Å². The van der Waals surface area contributed by atoms with E-state index in [4.69, 9.17) is 13.7 Å². The summed E-state index contributed by atoms with van der Waals surface area (Å²) in [6.07, 6.45) is 2.99. The van der Waals surface area contributed by atoms with Crippen LogP contribution in [0.1, 0.15) is 71.3 Å². The SMILES string of the molecule is CCc1c(C)c2c(c(OS(=O)(=O)c3ccc(C)cc3)c1CC1=C(C)C(CC(=O)OC)CC1)C(=O)OC2. The Labute approximate surface area is 212 Å². The average molecular weight is 513 g/mol. The van der Waals surface area contributed by atoms with E-state index < -0.39 is 16.1 Å². The molecule has 2 aliphatic rings. The lowest BCUT2D eigenvalue weighted by Crippen LogP contribution is -2.16. The Kier molecular flexibility index (Phi) is 7.27. The fourth-order valence-corrected chi connectivity index (χ4v) is 6.25. The van der Waals surface area contributed by atoms with Crippen LogP contribution >= 0.6 is 0 Å². The number of methoxy groups -OCH3 is 1. The number of hydrogen-bond acceptors (Lipinski definition) is 7. The third-order valence-electron chi connectivity index (χ3n) is 7.48. The van der Waals surface area contributed by atoms with Crippen LogP contribution in [-0.2, 0) is 43.8 Å². The topological polar surface area (TPSA) is 96.0 Å². The molecule has 1 aliphatic carbocycles. The van der Waals surface area contributed by atoms with Crippen molar-refractivity contribution in [3.8, 4) is 5.75 Å². The summed E-state index contributed by atoms with van der Waals surface area (Å²) in [5, 5.41) is 0. The van der Waals surface area contributed by atoms with Gasteiger partial charge in [-0.1, -0.05) is 35.8 Å². The fourth-order valence-electron chi connectivity index (χ4n) is 5.28. The summed E-state index contributed by atoms with van der Waals surface area (Å²) in [7, 11) is -2.81. The number of esters is 2. The molecule has 0 N–H and O–H groups in total. The molecule has 0 fully saturated rings. The quantitative estimate of drug-likeness (QED) is 0.275. The summed E-state index contributed by atoms with van der Waals surface area (Å²) in [6, 6.07) is 6.41. The van der Waals surface area contributed by atoms with E-state index in [1.807, 2.05) is 27.7 Å². The number of allylic oxidation sites excluding steroid dienone is 2. The first-order chi connectivity index (χ1) is 17.1. The molecule has 0 bridgehead atoms. The van der Waals surface area contributed by atoms with Crippen molar-refractivity contribution in [2.75, 3.05) is 7.11 Å². The molecule has 7 nitrogen and oxygen atoms in total. The van der Waals surface area contributed by atoms with E-state index in [0.29, 0.717) is 30.4 Å². The third-order valence-corrected chi connectivity index (χ3v) is 8.71. The summed E-state index contributed by atoms with van der Waals surface area (Å²) in [5.41, 5.74) is 6.60. The lowest BCUT2D eigenvalue weighted by Gasteiger charge is -2.21. The van der Waals surface area contributed by atoms with E-state index in [1.54, 1.807) is 12.1 Å². The van der Waals surface area contributed by atoms with Crippen LogP contribution in [0.25, 0.3) is 0 Å². The zero-order valence-corrected chi connectivity index (χ0v) is 22.2. The third kappa shape index (κ3) is 4.78. The van der Waals surface area contributed by atoms with Gasteiger partial charge >= 0.3 is 22.1 Å². The minimum atomic E-state index is -4.20. The second kappa shape index (κ2) is 10.1. The van der Waals surface area contributed by atoms with Gasteiger partial charge in [-0.25, -0.2) is 4.79 Å². The van der Waals surface area contributed by atoms with Crippen LogP contribution in [0.2, 0.25) is 0 Å². The molecule has 0 saturated heterocycles. The first-order valence-corrected chi connectivity index (χ1v) is 13.6. The second-order valence-electron chi connectivity index (χ2n) is 9.52. The zero-order chi connectivity index (χ0) is 26.2. The number of hydrogen-bond donors (Lipinski definition) is 0. The molecule has 2 aromatic carbocycles. The largest absolute Gasteiger partial charge is 0.469 e. The van der Waals surface area contributed by atoms with Crippen molar-refractivity contribution in [1.29, 1.82) is 0 Å². The van der Waals surface area contributed by atoms with Gasteiger partial charge in [-0.2, -0.15) is 8.42 Å². The molecule has 1 aliphatic heterocycles. The zero-order valence-electron chi connectivity index (χ0n) is 21.4. The van der Waals surface area contributed by atoms with E-state index in [9.17, 15) is 18.0 Å². The first-order valence-electron chi connectivity index (χ1n) is 12.2. The summed E-state index contributed by atoms with van der Waals surface area (Å²) in [6.45, 7) is 7.93. The van der Waals surface area contributed by atoms with Crippen molar-refractivity contribution in [2.24, 2.45) is 5.92 Å². The Morgan fingerprint density at radius 2 is 1.81 bits per heavy atom. The maximum atomic E-state index is 13.3. The number of benzene rings is 2. The van der Waals surface area contributed by atoms with Crippen molar-refractivity contribution >= 4 is 22.1 Å². The van der Waals surface area contributed by atoms with Gasteiger partial charge in [-0.05, 0) is 75.6 Å². The molecule has 2 aromatic rings. The Morgan fingerprint density at radius 3 is 2.44 bits per heavy atom. The van der Waals surface area contributed by atoms with E-state index >= 15 is 0 Å². The van der Waals surface area contributed by atoms with Gasteiger partial charge in [0.2, 0.25) is 0 Å². The van der Waals surface area contributed by atoms with Crippen molar-refractivity contribution in [1.82, 2.24) is 0 Å². The summed E-state index contributed by atoms with van der Waals surface area (Å²) in [5.74, 6) is -0.683. The molecule has 1 unspecified atom stereocenters. The normalized spacial score (nSPS) is 17.2. The number of aryl methyl sites for hydroxylation is 1. The molecule has 36 heavy (non-hydrogen) atoms. The molecule has 0 radical (unpaired) electrons. The number of ether oxygens (including phenoxy) is 2. The van der Waals surface area contributed by atoms with Gasteiger partial charge in [-0.3, -0.25) is 4.79 Å². The van der Waals surface area contributed by atoms with Crippen molar-refractivity contribution < 1.29 is 31.7 Å². The number of rotatable bonds is 8. The van der Waals surface area contributed by atoms with Crippen LogP contribution in [0.5, 0.6) is 5.75 Å². The lowest BCUT2D eigenvalue weighted by molar-refractivity contribution is -0.141. The number of carbonyl (C=O) groups is 2. The monoisotopic (exact) mass is 512 g/mol. The maximum Gasteiger partial charge on any atom is 0.342 e. The Hall–Kier alpha value is -3.13. The molecule has 0 spiro atoms. The first kappa shape index (κ1) is 25.9. The molecule has 1 heterocycles. The molecule has 0 aromatic heterocycles. The van der Waals surface area contributed by atoms with Gasteiger partial charge in [0, 0.05) is 11.1 Å². The van der Waals surface area contributed by atoms with Gasteiger partial charge < -0.3 is 13.7 Å². The Balaban J connectivity index is 1.84. The van der Waals surface area contributed by atoms with Gasteiger partial charge in [0.25, 0.3) is 0 Å². The molecule has 4 rings (SSSR count). The van der Waals surface area contributed by atoms with Crippen LogP contribution < -0.4 is 4.18 Å². The minimum absolute atomic E-state index is 0.0205.